The molecule has 4 heteroatoms. The van der Waals surface area contributed by atoms with Gasteiger partial charge in [0.1, 0.15) is 6.07 Å². The van der Waals surface area contributed by atoms with Crippen LogP contribution in [0.15, 0.2) is 12.3 Å². The van der Waals surface area contributed by atoms with Crippen LogP contribution in [0.4, 0.5) is 5.69 Å². The zero-order chi connectivity index (χ0) is 7.56. The molecule has 10 heavy (non-hydrogen) atoms. The molecule has 50 valence electrons. The van der Waals surface area contributed by atoms with Crippen LogP contribution in [-0.4, -0.2) is 4.98 Å². The molecule has 3 nitrogen and oxygen atoms in total. The molecule has 0 fully saturated rings. The predicted molar refractivity (Wildman–Crippen MR) is 38.4 cm³/mol. The third-order valence-electron chi connectivity index (χ3n) is 1.06. The number of nitrogens with two attached hydrogens (primary N) is 1. The number of anilines is 1. The van der Waals surface area contributed by atoms with Crippen LogP contribution in [0.3, 0.4) is 0 Å². The van der Waals surface area contributed by atoms with Gasteiger partial charge in [-0.25, -0.2) is 4.98 Å². The molecule has 0 spiro atoms. The van der Waals surface area contributed by atoms with E-state index < -0.39 is 0 Å². The Hall–Kier alpha value is -1.27. The van der Waals surface area contributed by atoms with Crippen molar-refractivity contribution in [1.29, 1.82) is 5.26 Å². The summed E-state index contributed by atoms with van der Waals surface area (Å²) < 4.78 is 0. The summed E-state index contributed by atoms with van der Waals surface area (Å²) in [4.78, 5) is 3.68. The number of nitriles is 1. The summed E-state index contributed by atoms with van der Waals surface area (Å²) in [6.45, 7) is 0. The van der Waals surface area contributed by atoms with Gasteiger partial charge in [0, 0.05) is 6.20 Å². The van der Waals surface area contributed by atoms with E-state index in [-0.39, 0.29) is 10.8 Å². The number of hydrogen-bond donors (Lipinski definition) is 1. The Morgan fingerprint density at radius 3 is 2.90 bits per heavy atom. The molecule has 0 aliphatic carbocycles. The van der Waals surface area contributed by atoms with E-state index in [1.165, 1.54) is 12.3 Å². The third kappa shape index (κ3) is 1.02. The molecule has 1 aromatic rings. The van der Waals surface area contributed by atoms with Crippen LogP contribution >= 0.6 is 11.6 Å². The molecule has 1 heterocycles. The van der Waals surface area contributed by atoms with Crippen molar-refractivity contribution in [3.05, 3.63) is 23.0 Å². The minimum Gasteiger partial charge on any atom is -0.395 e. The Labute approximate surface area is 63.1 Å². The van der Waals surface area contributed by atoms with Crippen LogP contribution in [-0.2, 0) is 0 Å². The lowest BCUT2D eigenvalue weighted by molar-refractivity contribution is 1.31. The molecule has 0 atom stereocenters. The standard InChI is InChI=1S/C6H4ClN3/c7-6-5(9)4(3-8)1-2-10-6/h1-2H,9H2. The van der Waals surface area contributed by atoms with E-state index in [2.05, 4.69) is 4.98 Å². The molecular formula is C6H4ClN3. The fraction of sp³-hybridized carbons (Fsp3) is 0. The SMILES string of the molecule is N#Cc1ccnc(Cl)c1N. The third-order valence-corrected chi connectivity index (χ3v) is 1.36. The lowest BCUT2D eigenvalue weighted by atomic mass is 10.2. The Morgan fingerprint density at radius 2 is 2.40 bits per heavy atom. The van der Waals surface area contributed by atoms with Crippen molar-refractivity contribution in [3.8, 4) is 6.07 Å². The highest BCUT2D eigenvalue weighted by Crippen LogP contribution is 2.17. The lowest BCUT2D eigenvalue weighted by Crippen LogP contribution is -1.92. The maximum atomic E-state index is 8.43. The van der Waals surface area contributed by atoms with Gasteiger partial charge in [-0.05, 0) is 6.07 Å². The molecule has 1 rings (SSSR count). The Kier molecular flexibility index (Phi) is 1.74. The van der Waals surface area contributed by atoms with E-state index >= 15 is 0 Å². The van der Waals surface area contributed by atoms with E-state index in [1.54, 1.807) is 0 Å². The topological polar surface area (TPSA) is 62.7 Å². The summed E-state index contributed by atoms with van der Waals surface area (Å²) in [6.07, 6.45) is 1.44. The van der Waals surface area contributed by atoms with Crippen molar-refractivity contribution >= 4 is 17.3 Å². The van der Waals surface area contributed by atoms with Crippen LogP contribution in [0.5, 0.6) is 0 Å². The Balaban J connectivity index is 3.31. The van der Waals surface area contributed by atoms with Crippen molar-refractivity contribution in [3.63, 3.8) is 0 Å². The minimum atomic E-state index is 0.180. The van der Waals surface area contributed by atoms with E-state index in [4.69, 9.17) is 22.6 Å². The van der Waals surface area contributed by atoms with Gasteiger partial charge in [0.15, 0.2) is 5.15 Å². The monoisotopic (exact) mass is 153 g/mol. The molecule has 0 aliphatic heterocycles. The summed E-state index contributed by atoms with van der Waals surface area (Å²) >= 11 is 5.51. The van der Waals surface area contributed by atoms with Gasteiger partial charge in [0.25, 0.3) is 0 Å². The van der Waals surface area contributed by atoms with Crippen LogP contribution in [0.25, 0.3) is 0 Å². The fourth-order valence-electron chi connectivity index (χ4n) is 0.545. The number of nitrogens with zero attached hydrogens (tertiary/aromatic N) is 2. The summed E-state index contributed by atoms with van der Waals surface area (Å²) in [7, 11) is 0. The van der Waals surface area contributed by atoms with Crippen molar-refractivity contribution in [1.82, 2.24) is 4.98 Å². The average Bonchev–Trinajstić information content (AvgIpc) is 1.95. The second-order valence-corrected chi connectivity index (χ2v) is 2.03. The Bertz CT molecular complexity index is 290. The van der Waals surface area contributed by atoms with Crippen molar-refractivity contribution in [2.45, 2.75) is 0 Å². The maximum Gasteiger partial charge on any atom is 0.153 e. The van der Waals surface area contributed by atoms with Gasteiger partial charge >= 0.3 is 0 Å². The second kappa shape index (κ2) is 2.54. The van der Waals surface area contributed by atoms with E-state index in [1.807, 2.05) is 6.07 Å². The first kappa shape index (κ1) is 6.84. The second-order valence-electron chi connectivity index (χ2n) is 1.67. The summed E-state index contributed by atoms with van der Waals surface area (Å²) in [5.74, 6) is 0. The number of nitrogen functional groups attached to an aromatic ring is 1. The molecule has 0 aromatic carbocycles. The van der Waals surface area contributed by atoms with Gasteiger partial charge in [-0.2, -0.15) is 5.26 Å². The maximum absolute atomic E-state index is 8.43. The van der Waals surface area contributed by atoms with Gasteiger partial charge in [0.05, 0.1) is 11.3 Å². The van der Waals surface area contributed by atoms with Gasteiger partial charge in [-0.15, -0.1) is 0 Å². The van der Waals surface area contributed by atoms with Gasteiger partial charge in [0.2, 0.25) is 0 Å². The normalized spacial score (nSPS) is 8.80. The summed E-state index contributed by atoms with van der Waals surface area (Å²) in [5, 5.41) is 8.61. The average molecular weight is 154 g/mol. The lowest BCUT2D eigenvalue weighted by Gasteiger charge is -1.95. The van der Waals surface area contributed by atoms with Gasteiger partial charge in [-0.3, -0.25) is 0 Å². The number of hydrogen-bond acceptors (Lipinski definition) is 3. The van der Waals surface area contributed by atoms with Crippen LogP contribution < -0.4 is 5.73 Å². The van der Waals surface area contributed by atoms with E-state index in [9.17, 15) is 0 Å². The largest absolute Gasteiger partial charge is 0.395 e. The minimum absolute atomic E-state index is 0.180. The number of pyridine rings is 1. The predicted octanol–water partition coefficient (Wildman–Crippen LogP) is 1.19. The molecule has 0 amide bonds. The quantitative estimate of drug-likeness (QED) is 0.570. The number of halogens is 1. The van der Waals surface area contributed by atoms with Crippen molar-refractivity contribution in [2.24, 2.45) is 0 Å². The zero-order valence-corrected chi connectivity index (χ0v) is 5.76. The summed E-state index contributed by atoms with van der Waals surface area (Å²) in [5.41, 5.74) is 5.98. The number of aromatic nitrogens is 1. The van der Waals surface area contributed by atoms with E-state index in [0.29, 0.717) is 5.56 Å². The molecule has 0 unspecified atom stereocenters. The van der Waals surface area contributed by atoms with Crippen LogP contribution in [0.1, 0.15) is 5.56 Å². The molecular weight excluding hydrogens is 150 g/mol. The van der Waals surface area contributed by atoms with E-state index in [0.717, 1.165) is 0 Å². The fourth-order valence-corrected chi connectivity index (χ4v) is 0.703. The van der Waals surface area contributed by atoms with Crippen LogP contribution in [0.2, 0.25) is 5.15 Å². The Morgan fingerprint density at radius 1 is 1.70 bits per heavy atom. The molecule has 0 radical (unpaired) electrons. The molecule has 0 saturated heterocycles. The highest BCUT2D eigenvalue weighted by atomic mass is 35.5. The first-order valence-corrected chi connectivity index (χ1v) is 2.93. The van der Waals surface area contributed by atoms with Crippen LogP contribution in [0, 0.1) is 11.3 Å². The van der Waals surface area contributed by atoms with Gasteiger partial charge in [-0.1, -0.05) is 11.6 Å². The summed E-state index contributed by atoms with van der Waals surface area (Å²) in [6, 6.07) is 3.40. The van der Waals surface area contributed by atoms with Gasteiger partial charge < -0.3 is 5.73 Å². The molecule has 0 aliphatic rings. The molecule has 0 bridgehead atoms. The molecule has 2 N–H and O–H groups in total. The first-order valence-electron chi connectivity index (χ1n) is 2.56. The van der Waals surface area contributed by atoms with Crippen molar-refractivity contribution < 1.29 is 0 Å². The smallest absolute Gasteiger partial charge is 0.153 e. The number of rotatable bonds is 0. The highest BCUT2D eigenvalue weighted by molar-refractivity contribution is 6.32. The van der Waals surface area contributed by atoms with Crippen molar-refractivity contribution in [2.75, 3.05) is 5.73 Å². The molecule has 0 saturated carbocycles. The first-order chi connectivity index (χ1) is 4.75. The molecule has 1 aromatic heterocycles. The highest BCUT2D eigenvalue weighted by Gasteiger charge is 2.00. The zero-order valence-electron chi connectivity index (χ0n) is 5.00.